The predicted molar refractivity (Wildman–Crippen MR) is 49.3 cm³/mol. The maximum absolute atomic E-state index is 12.1. The first kappa shape index (κ1) is 10.5. The smallest absolute Gasteiger partial charge is 0.281 e. The van der Waals surface area contributed by atoms with Gasteiger partial charge in [0, 0.05) is 17.8 Å². The van der Waals surface area contributed by atoms with Crippen molar-refractivity contribution in [3.63, 3.8) is 0 Å². The molecule has 0 aliphatic heterocycles. The van der Waals surface area contributed by atoms with Crippen molar-refractivity contribution < 1.29 is 8.78 Å². The average molecular weight is 206 g/mol. The highest BCUT2D eigenvalue weighted by Gasteiger charge is 2.12. The summed E-state index contributed by atoms with van der Waals surface area (Å²) in [5.41, 5.74) is -0.108. The first-order valence-electron chi connectivity index (χ1n) is 4.03. The molecule has 0 saturated carbocycles. The van der Waals surface area contributed by atoms with Gasteiger partial charge in [-0.1, -0.05) is 0 Å². The molecule has 1 aromatic rings. The first-order chi connectivity index (χ1) is 6.13. The molecule has 1 atom stereocenters. The molecule has 5 heteroatoms. The van der Waals surface area contributed by atoms with Gasteiger partial charge in [-0.15, -0.1) is 11.3 Å². The van der Waals surface area contributed by atoms with Crippen LogP contribution in [0.5, 0.6) is 0 Å². The number of nitrogens with one attached hydrogen (secondary N) is 1. The first-order valence-corrected chi connectivity index (χ1v) is 4.91. The van der Waals surface area contributed by atoms with Crippen LogP contribution < -0.4 is 5.32 Å². The van der Waals surface area contributed by atoms with Crippen molar-refractivity contribution in [1.29, 1.82) is 0 Å². The summed E-state index contributed by atoms with van der Waals surface area (Å²) in [4.78, 5) is 3.83. The maximum Gasteiger partial charge on any atom is 0.281 e. The molecule has 1 heterocycles. The summed E-state index contributed by atoms with van der Waals surface area (Å²) in [6, 6.07) is 0.275. The van der Waals surface area contributed by atoms with E-state index in [4.69, 9.17) is 0 Å². The van der Waals surface area contributed by atoms with Gasteiger partial charge in [0.1, 0.15) is 5.69 Å². The van der Waals surface area contributed by atoms with E-state index >= 15 is 0 Å². The molecule has 0 saturated heterocycles. The summed E-state index contributed by atoms with van der Waals surface area (Å²) in [5.74, 6) is 0. The summed E-state index contributed by atoms with van der Waals surface area (Å²) in [7, 11) is 1.84. The number of thiazole rings is 1. The molecule has 1 N–H and O–H groups in total. The largest absolute Gasteiger partial charge is 0.317 e. The Morgan fingerprint density at radius 1 is 1.62 bits per heavy atom. The molecular formula is C8H12F2N2S. The summed E-state index contributed by atoms with van der Waals surface area (Å²) in [6.07, 6.45) is -1.75. The van der Waals surface area contributed by atoms with Gasteiger partial charge in [-0.25, -0.2) is 13.8 Å². The molecule has 0 spiro atoms. The number of alkyl halides is 2. The molecule has 1 aromatic heterocycles. The second-order valence-corrected chi connectivity index (χ2v) is 3.80. The standard InChI is InChI=1S/C8H12F2N2S/c1-5(11-2)3-7-12-6(4-13-7)8(9)10/h4-5,8,11H,3H2,1-2H3. The van der Waals surface area contributed by atoms with Crippen LogP contribution in [0, 0.1) is 0 Å². The second-order valence-electron chi connectivity index (χ2n) is 2.86. The lowest BCUT2D eigenvalue weighted by Gasteiger charge is -2.06. The molecule has 0 amide bonds. The minimum atomic E-state index is -2.45. The monoisotopic (exact) mass is 206 g/mol. The topological polar surface area (TPSA) is 24.9 Å². The van der Waals surface area contributed by atoms with E-state index in [1.807, 2.05) is 14.0 Å². The highest BCUT2D eigenvalue weighted by Crippen LogP contribution is 2.21. The molecule has 1 unspecified atom stereocenters. The maximum atomic E-state index is 12.1. The zero-order valence-corrected chi connectivity index (χ0v) is 8.37. The fraction of sp³-hybridized carbons (Fsp3) is 0.625. The van der Waals surface area contributed by atoms with Crippen LogP contribution in [0.2, 0.25) is 0 Å². The predicted octanol–water partition coefficient (Wildman–Crippen LogP) is 2.23. The van der Waals surface area contributed by atoms with E-state index in [-0.39, 0.29) is 11.7 Å². The van der Waals surface area contributed by atoms with E-state index in [2.05, 4.69) is 10.3 Å². The lowest BCUT2D eigenvalue weighted by Crippen LogP contribution is -2.23. The fourth-order valence-corrected chi connectivity index (χ4v) is 1.80. The average Bonchev–Trinajstić information content (AvgIpc) is 2.52. The molecule has 0 bridgehead atoms. The zero-order valence-electron chi connectivity index (χ0n) is 7.55. The minimum absolute atomic E-state index is 0.108. The van der Waals surface area contributed by atoms with Crippen molar-refractivity contribution >= 4 is 11.3 Å². The molecule has 0 aromatic carbocycles. The Bertz CT molecular complexity index is 262. The third kappa shape index (κ3) is 3.00. The van der Waals surface area contributed by atoms with Crippen LogP contribution in [-0.4, -0.2) is 18.1 Å². The Balaban J connectivity index is 2.58. The van der Waals surface area contributed by atoms with Gasteiger partial charge >= 0.3 is 0 Å². The number of aromatic nitrogens is 1. The van der Waals surface area contributed by atoms with Gasteiger partial charge in [-0.05, 0) is 14.0 Å². The molecule has 13 heavy (non-hydrogen) atoms. The fourth-order valence-electron chi connectivity index (χ4n) is 0.883. The molecule has 0 radical (unpaired) electrons. The summed E-state index contributed by atoms with van der Waals surface area (Å²) in [6.45, 7) is 1.99. The van der Waals surface area contributed by atoms with Crippen LogP contribution in [0.15, 0.2) is 5.38 Å². The van der Waals surface area contributed by atoms with Crippen molar-refractivity contribution in [2.75, 3.05) is 7.05 Å². The number of halogens is 2. The number of nitrogens with zero attached hydrogens (tertiary/aromatic N) is 1. The van der Waals surface area contributed by atoms with Gasteiger partial charge in [0.05, 0.1) is 5.01 Å². The Morgan fingerprint density at radius 3 is 2.77 bits per heavy atom. The van der Waals surface area contributed by atoms with Crippen LogP contribution in [0.25, 0.3) is 0 Å². The Hall–Kier alpha value is -0.550. The Labute approximate surface area is 80.0 Å². The third-order valence-electron chi connectivity index (χ3n) is 1.77. The van der Waals surface area contributed by atoms with E-state index in [0.717, 1.165) is 5.01 Å². The van der Waals surface area contributed by atoms with Crippen molar-refractivity contribution in [1.82, 2.24) is 10.3 Å². The van der Waals surface area contributed by atoms with E-state index < -0.39 is 6.43 Å². The van der Waals surface area contributed by atoms with E-state index in [0.29, 0.717) is 6.42 Å². The number of hydrogen-bond donors (Lipinski definition) is 1. The van der Waals surface area contributed by atoms with E-state index in [1.165, 1.54) is 16.7 Å². The van der Waals surface area contributed by atoms with Crippen LogP contribution in [0.4, 0.5) is 8.78 Å². The van der Waals surface area contributed by atoms with Gasteiger partial charge in [0.2, 0.25) is 0 Å². The molecule has 74 valence electrons. The number of hydrogen-bond acceptors (Lipinski definition) is 3. The SMILES string of the molecule is CNC(C)Cc1nc(C(F)F)cs1. The van der Waals surface area contributed by atoms with Crippen molar-refractivity contribution in [3.05, 3.63) is 16.1 Å². The molecular weight excluding hydrogens is 194 g/mol. The van der Waals surface area contributed by atoms with E-state index in [1.54, 1.807) is 0 Å². The number of likely N-dealkylation sites (N-methyl/N-ethyl adjacent to an activating group) is 1. The van der Waals surface area contributed by atoms with E-state index in [9.17, 15) is 8.78 Å². The zero-order chi connectivity index (χ0) is 9.84. The highest BCUT2D eigenvalue weighted by atomic mass is 32.1. The quantitative estimate of drug-likeness (QED) is 0.817. The molecule has 1 rings (SSSR count). The molecule has 0 aliphatic rings. The highest BCUT2D eigenvalue weighted by molar-refractivity contribution is 7.09. The van der Waals surface area contributed by atoms with Gasteiger partial charge in [-0.2, -0.15) is 0 Å². The second kappa shape index (κ2) is 4.62. The lowest BCUT2D eigenvalue weighted by atomic mass is 10.2. The van der Waals surface area contributed by atoms with Crippen LogP contribution in [-0.2, 0) is 6.42 Å². The van der Waals surface area contributed by atoms with Crippen LogP contribution >= 0.6 is 11.3 Å². The van der Waals surface area contributed by atoms with Crippen molar-refractivity contribution in [2.24, 2.45) is 0 Å². The summed E-state index contributed by atoms with van der Waals surface area (Å²) >= 11 is 1.29. The van der Waals surface area contributed by atoms with Gasteiger partial charge in [-0.3, -0.25) is 0 Å². The van der Waals surface area contributed by atoms with Crippen LogP contribution in [0.1, 0.15) is 24.1 Å². The molecule has 2 nitrogen and oxygen atoms in total. The molecule has 0 aliphatic carbocycles. The Morgan fingerprint density at radius 2 is 2.31 bits per heavy atom. The third-order valence-corrected chi connectivity index (χ3v) is 2.66. The van der Waals surface area contributed by atoms with Gasteiger partial charge in [0.15, 0.2) is 0 Å². The lowest BCUT2D eigenvalue weighted by molar-refractivity contribution is 0.146. The van der Waals surface area contributed by atoms with Gasteiger partial charge < -0.3 is 5.32 Å². The van der Waals surface area contributed by atoms with Gasteiger partial charge in [0.25, 0.3) is 6.43 Å². The van der Waals surface area contributed by atoms with Crippen molar-refractivity contribution in [3.8, 4) is 0 Å². The summed E-state index contributed by atoms with van der Waals surface area (Å²) < 4.78 is 24.3. The number of rotatable bonds is 4. The Kier molecular flexibility index (Phi) is 3.74. The summed E-state index contributed by atoms with van der Waals surface area (Å²) in [5, 5.41) is 5.21. The normalized spacial score (nSPS) is 13.6. The van der Waals surface area contributed by atoms with Crippen LogP contribution in [0.3, 0.4) is 0 Å². The molecule has 0 fully saturated rings. The van der Waals surface area contributed by atoms with Crippen molar-refractivity contribution in [2.45, 2.75) is 25.8 Å². The minimum Gasteiger partial charge on any atom is -0.317 e.